The summed E-state index contributed by atoms with van der Waals surface area (Å²) in [5.41, 5.74) is 3.15. The molecule has 0 unspecified atom stereocenters. The highest BCUT2D eigenvalue weighted by Crippen LogP contribution is 2.31. The number of ether oxygens (including phenoxy) is 1. The first-order chi connectivity index (χ1) is 17.1. The van der Waals surface area contributed by atoms with E-state index in [1.807, 2.05) is 48.5 Å². The number of nitrogens with one attached hydrogen (secondary N) is 2. The highest BCUT2D eigenvalue weighted by Gasteiger charge is 2.38. The van der Waals surface area contributed by atoms with Crippen molar-refractivity contribution in [3.8, 4) is 17.6 Å². The van der Waals surface area contributed by atoms with Gasteiger partial charge in [0.25, 0.3) is 5.91 Å². The van der Waals surface area contributed by atoms with Gasteiger partial charge in [0.05, 0.1) is 5.56 Å². The van der Waals surface area contributed by atoms with E-state index in [9.17, 15) is 10.1 Å². The summed E-state index contributed by atoms with van der Waals surface area (Å²) in [6.07, 6.45) is 3.27. The van der Waals surface area contributed by atoms with E-state index in [2.05, 4.69) is 56.5 Å². The lowest BCUT2D eigenvalue weighted by molar-refractivity contribution is 0.0873. The first-order valence-corrected chi connectivity index (χ1v) is 12.6. The number of carbonyl (C=O) groups is 1. The zero-order chi connectivity index (χ0) is 25.8. The van der Waals surface area contributed by atoms with E-state index >= 15 is 0 Å². The summed E-state index contributed by atoms with van der Waals surface area (Å²) in [7, 11) is 0. The third-order valence-electron chi connectivity index (χ3n) is 6.60. The van der Waals surface area contributed by atoms with Crippen LogP contribution in [0.15, 0.2) is 72.8 Å². The van der Waals surface area contributed by atoms with Crippen molar-refractivity contribution >= 4 is 5.91 Å². The predicted molar refractivity (Wildman–Crippen MR) is 143 cm³/mol. The molecule has 1 fully saturated rings. The van der Waals surface area contributed by atoms with Crippen LogP contribution in [0.25, 0.3) is 0 Å². The van der Waals surface area contributed by atoms with Crippen molar-refractivity contribution < 1.29 is 9.53 Å². The minimum atomic E-state index is -0.0709. The van der Waals surface area contributed by atoms with Gasteiger partial charge in [-0.3, -0.25) is 4.79 Å². The molecule has 0 radical (unpaired) electrons. The first kappa shape index (κ1) is 25.5. The maximum Gasteiger partial charge on any atom is 0.251 e. The topological polar surface area (TPSA) is 74.1 Å². The van der Waals surface area contributed by atoms with Gasteiger partial charge in [-0.15, -0.1) is 0 Å². The Labute approximate surface area is 214 Å². The number of nitriles is 1. The third-order valence-corrected chi connectivity index (χ3v) is 6.60. The maximum absolute atomic E-state index is 13.3. The van der Waals surface area contributed by atoms with Crippen molar-refractivity contribution in [1.82, 2.24) is 10.6 Å². The van der Waals surface area contributed by atoms with Gasteiger partial charge in [0.1, 0.15) is 17.6 Å². The molecule has 0 saturated carbocycles. The molecule has 0 bridgehead atoms. The van der Waals surface area contributed by atoms with Crippen molar-refractivity contribution in [2.24, 2.45) is 0 Å². The zero-order valence-corrected chi connectivity index (χ0v) is 21.6. The van der Waals surface area contributed by atoms with E-state index in [-0.39, 0.29) is 23.0 Å². The van der Waals surface area contributed by atoms with Crippen LogP contribution in [0, 0.1) is 11.3 Å². The van der Waals surface area contributed by atoms with E-state index < -0.39 is 0 Å². The number of hydrogen-bond donors (Lipinski definition) is 2. The Bertz CT molecular complexity index is 1240. The minimum Gasteiger partial charge on any atom is -0.456 e. The molecule has 0 atom stereocenters. The second-order valence-electron chi connectivity index (χ2n) is 11.0. The van der Waals surface area contributed by atoms with E-state index in [0.717, 1.165) is 24.8 Å². The van der Waals surface area contributed by atoms with Crippen molar-refractivity contribution in [2.45, 2.75) is 70.5 Å². The van der Waals surface area contributed by atoms with Gasteiger partial charge in [-0.1, -0.05) is 42.5 Å². The van der Waals surface area contributed by atoms with Crippen LogP contribution in [0.5, 0.6) is 11.5 Å². The molecule has 4 rings (SSSR count). The second-order valence-corrected chi connectivity index (χ2v) is 11.0. The zero-order valence-electron chi connectivity index (χ0n) is 21.6. The van der Waals surface area contributed by atoms with Gasteiger partial charge in [-0.25, -0.2) is 0 Å². The molecule has 5 nitrogen and oxygen atoms in total. The van der Waals surface area contributed by atoms with Gasteiger partial charge in [-0.2, -0.15) is 5.26 Å². The molecule has 3 aromatic carbocycles. The minimum absolute atomic E-state index is 0.0492. The molecular weight excluding hydrogens is 446 g/mol. The average molecular weight is 482 g/mol. The monoisotopic (exact) mass is 481 g/mol. The molecule has 2 N–H and O–H groups in total. The molecule has 3 aromatic rings. The smallest absolute Gasteiger partial charge is 0.251 e. The highest BCUT2D eigenvalue weighted by atomic mass is 16.5. The van der Waals surface area contributed by atoms with Gasteiger partial charge < -0.3 is 15.4 Å². The van der Waals surface area contributed by atoms with E-state index in [0.29, 0.717) is 29.0 Å². The Hall–Kier alpha value is -3.62. The summed E-state index contributed by atoms with van der Waals surface area (Å²) in [6.45, 7) is 8.72. The molecule has 1 amide bonds. The highest BCUT2D eigenvalue weighted by molar-refractivity contribution is 5.94. The molecule has 1 aliphatic rings. The number of rotatable bonds is 7. The fraction of sp³-hybridized carbons (Fsp3) is 0.355. The van der Waals surface area contributed by atoms with Gasteiger partial charge in [0.15, 0.2) is 0 Å². The van der Waals surface area contributed by atoms with Crippen LogP contribution < -0.4 is 15.4 Å². The number of nitrogens with zero attached hydrogens (tertiary/aromatic N) is 1. The number of carbonyl (C=O) groups excluding carboxylic acids is 1. The van der Waals surface area contributed by atoms with Gasteiger partial charge in [0.2, 0.25) is 0 Å². The van der Waals surface area contributed by atoms with E-state index in [4.69, 9.17) is 4.74 Å². The number of piperidine rings is 1. The standard InChI is InChI=1S/C31H35N3O2/c1-30(2)19-26(20-31(3,4)34-30)33-29(35)24-16-17-28(36-27-13-9-8-12-25(27)21-32)23(18-24)15-14-22-10-6-5-7-11-22/h5-13,16-18,26,34H,14-15,19-20H2,1-4H3,(H,33,35). The van der Waals surface area contributed by atoms with Gasteiger partial charge in [-0.05, 0) is 94.8 Å². The fourth-order valence-corrected chi connectivity index (χ4v) is 5.40. The number of aryl methyl sites for hydroxylation is 2. The molecular formula is C31H35N3O2. The third kappa shape index (κ3) is 6.53. The van der Waals surface area contributed by atoms with Crippen molar-refractivity contribution in [3.63, 3.8) is 0 Å². The summed E-state index contributed by atoms with van der Waals surface area (Å²) in [5, 5.41) is 16.4. The van der Waals surface area contributed by atoms with Gasteiger partial charge >= 0.3 is 0 Å². The molecule has 36 heavy (non-hydrogen) atoms. The molecule has 5 heteroatoms. The summed E-state index contributed by atoms with van der Waals surface area (Å²) < 4.78 is 6.20. The van der Waals surface area contributed by atoms with Crippen LogP contribution in [0.4, 0.5) is 0 Å². The number of hydrogen-bond acceptors (Lipinski definition) is 4. The molecule has 1 saturated heterocycles. The molecule has 1 heterocycles. The summed E-state index contributed by atoms with van der Waals surface area (Å²) >= 11 is 0. The second kappa shape index (κ2) is 10.6. The van der Waals surface area contributed by atoms with Crippen LogP contribution in [-0.2, 0) is 12.8 Å². The largest absolute Gasteiger partial charge is 0.456 e. The lowest BCUT2D eigenvalue weighted by Gasteiger charge is -2.46. The number of para-hydroxylation sites is 1. The SMILES string of the molecule is CC1(C)CC(NC(=O)c2ccc(Oc3ccccc3C#N)c(CCc3ccccc3)c2)CC(C)(C)N1. The quantitative estimate of drug-likeness (QED) is 0.423. The number of benzene rings is 3. The fourth-order valence-electron chi connectivity index (χ4n) is 5.40. The van der Waals surface area contributed by atoms with Crippen molar-refractivity contribution in [2.75, 3.05) is 0 Å². The van der Waals surface area contributed by atoms with Gasteiger partial charge in [0, 0.05) is 22.7 Å². The van der Waals surface area contributed by atoms with E-state index in [1.54, 1.807) is 12.1 Å². The number of amides is 1. The van der Waals surface area contributed by atoms with Crippen LogP contribution in [0.3, 0.4) is 0 Å². The van der Waals surface area contributed by atoms with Crippen LogP contribution >= 0.6 is 0 Å². The Morgan fingerprint density at radius 3 is 2.31 bits per heavy atom. The molecule has 0 aromatic heterocycles. The molecule has 0 aliphatic carbocycles. The Balaban J connectivity index is 1.58. The lowest BCUT2D eigenvalue weighted by Crippen LogP contribution is -2.62. The average Bonchev–Trinajstić information content (AvgIpc) is 2.82. The lowest BCUT2D eigenvalue weighted by atomic mass is 9.79. The van der Waals surface area contributed by atoms with E-state index in [1.165, 1.54) is 5.56 Å². The van der Waals surface area contributed by atoms with Crippen LogP contribution in [-0.4, -0.2) is 23.0 Å². The summed E-state index contributed by atoms with van der Waals surface area (Å²) in [5.74, 6) is 1.10. The molecule has 0 spiro atoms. The molecule has 186 valence electrons. The maximum atomic E-state index is 13.3. The first-order valence-electron chi connectivity index (χ1n) is 12.6. The predicted octanol–water partition coefficient (Wildman–Crippen LogP) is 6.17. The van der Waals surface area contributed by atoms with Crippen molar-refractivity contribution in [1.29, 1.82) is 5.26 Å². The normalized spacial score (nSPS) is 16.6. The Kier molecular flexibility index (Phi) is 7.47. The van der Waals surface area contributed by atoms with Crippen LogP contribution in [0.2, 0.25) is 0 Å². The summed E-state index contributed by atoms with van der Waals surface area (Å²) in [6, 6.07) is 25.3. The van der Waals surface area contributed by atoms with Crippen molar-refractivity contribution in [3.05, 3.63) is 95.1 Å². The molecule has 1 aliphatic heterocycles. The Morgan fingerprint density at radius 1 is 0.944 bits per heavy atom. The Morgan fingerprint density at radius 2 is 1.61 bits per heavy atom. The summed E-state index contributed by atoms with van der Waals surface area (Å²) in [4.78, 5) is 13.3. The van der Waals surface area contributed by atoms with Crippen LogP contribution in [0.1, 0.15) is 67.6 Å².